The van der Waals surface area contributed by atoms with Crippen LogP contribution in [0.1, 0.15) is 50.5 Å². The van der Waals surface area contributed by atoms with Crippen LogP contribution in [0.2, 0.25) is 0 Å². The number of carbonyl (C=O) groups excluding carboxylic acids is 1. The van der Waals surface area contributed by atoms with Crippen LogP contribution < -0.4 is 10.2 Å². The summed E-state index contributed by atoms with van der Waals surface area (Å²) in [5.41, 5.74) is 5.44. The molecule has 3 fully saturated rings. The molecular weight excluding hydrogens is 426 g/mol. The Labute approximate surface area is 203 Å². The number of urea groups is 1. The lowest BCUT2D eigenvalue weighted by Crippen LogP contribution is -2.56. The summed E-state index contributed by atoms with van der Waals surface area (Å²) < 4.78 is 5.27. The Morgan fingerprint density at radius 3 is 2.47 bits per heavy atom. The van der Waals surface area contributed by atoms with Gasteiger partial charge in [0.1, 0.15) is 0 Å². The highest BCUT2D eigenvalue weighted by atomic mass is 16.5. The molecule has 0 atom stereocenters. The van der Waals surface area contributed by atoms with Crippen molar-refractivity contribution in [2.75, 3.05) is 39.7 Å². The Hall–Kier alpha value is -2.80. The first-order valence-corrected chi connectivity index (χ1v) is 12.5. The van der Waals surface area contributed by atoms with Gasteiger partial charge in [0, 0.05) is 24.3 Å². The zero-order valence-corrected chi connectivity index (χ0v) is 20.7. The monoisotopic (exact) mass is 463 g/mol. The number of hydrazine groups is 1. The van der Waals surface area contributed by atoms with Crippen LogP contribution in [0.15, 0.2) is 48.7 Å². The smallest absolute Gasteiger partial charge is 0.339 e. The summed E-state index contributed by atoms with van der Waals surface area (Å²) in [5.74, 6) is 1.17. The second kappa shape index (κ2) is 9.10. The molecule has 2 heterocycles. The van der Waals surface area contributed by atoms with Crippen LogP contribution >= 0.6 is 0 Å². The van der Waals surface area contributed by atoms with Gasteiger partial charge in [-0.05, 0) is 70.2 Å². The van der Waals surface area contributed by atoms with Crippen LogP contribution in [-0.2, 0) is 5.54 Å². The first-order valence-electron chi connectivity index (χ1n) is 12.5. The lowest BCUT2D eigenvalue weighted by molar-refractivity contribution is 0.0162. The maximum atomic E-state index is 13.7. The third kappa shape index (κ3) is 4.00. The average Bonchev–Trinajstić information content (AvgIpc) is 3.07. The van der Waals surface area contributed by atoms with Crippen LogP contribution in [0.25, 0.3) is 0 Å². The number of aromatic nitrogens is 1. The van der Waals surface area contributed by atoms with Gasteiger partial charge in [0.05, 0.1) is 24.9 Å². The second-order valence-electron chi connectivity index (χ2n) is 10.5. The second-order valence-corrected chi connectivity index (χ2v) is 10.5. The Morgan fingerprint density at radius 2 is 1.85 bits per heavy atom. The molecule has 3 aliphatic rings. The lowest BCUT2D eigenvalue weighted by atomic mass is 9.68. The van der Waals surface area contributed by atoms with Crippen molar-refractivity contribution in [3.8, 4) is 5.88 Å². The molecule has 2 saturated carbocycles. The number of amides is 2. The van der Waals surface area contributed by atoms with E-state index < -0.39 is 0 Å². The van der Waals surface area contributed by atoms with Gasteiger partial charge < -0.3 is 9.64 Å². The van der Waals surface area contributed by atoms with Gasteiger partial charge in [0.25, 0.3) is 0 Å². The fourth-order valence-corrected chi connectivity index (χ4v) is 6.13. The molecular formula is C27H37N5O2. The van der Waals surface area contributed by atoms with Crippen LogP contribution in [0.4, 0.5) is 10.5 Å². The SMILES string of the molecule is COc1cc(NN2C[C@]3(CC[C@](c4ccccc4)(N(C)C)CC3)N(CC3CCC3)C2=O)ccn1. The number of nitrogens with zero attached hydrogens (tertiary/aromatic N) is 4. The predicted octanol–water partition coefficient (Wildman–Crippen LogP) is 4.72. The van der Waals surface area contributed by atoms with Crippen molar-refractivity contribution in [3.05, 3.63) is 54.2 Å². The minimum absolute atomic E-state index is 0.0109. The molecule has 34 heavy (non-hydrogen) atoms. The number of anilines is 1. The molecule has 1 saturated heterocycles. The fourth-order valence-electron chi connectivity index (χ4n) is 6.13. The van der Waals surface area contributed by atoms with E-state index in [0.717, 1.165) is 37.9 Å². The zero-order valence-electron chi connectivity index (χ0n) is 20.7. The van der Waals surface area contributed by atoms with E-state index in [1.807, 2.05) is 17.1 Å². The topological polar surface area (TPSA) is 60.9 Å². The Kier molecular flexibility index (Phi) is 6.15. The molecule has 0 unspecified atom stereocenters. The highest BCUT2D eigenvalue weighted by Gasteiger charge is 2.55. The molecule has 2 amide bonds. The third-order valence-electron chi connectivity index (χ3n) is 8.54. The standard InChI is InChI=1S/C27H37N5O2/c1-30(2)27(22-10-5-4-6-11-22)15-13-26(14-16-27)20-32(25(33)31(26)19-21-8-7-9-21)29-23-12-17-28-24(18-23)34-3/h4-6,10-12,17-18,21H,7-9,13-16,19-20H2,1-3H3,(H,28,29)/t26-,27+. The summed E-state index contributed by atoms with van der Waals surface area (Å²) in [7, 11) is 6.00. The van der Waals surface area contributed by atoms with Crippen molar-refractivity contribution in [1.29, 1.82) is 0 Å². The van der Waals surface area contributed by atoms with E-state index in [9.17, 15) is 4.79 Å². The van der Waals surface area contributed by atoms with E-state index in [1.165, 1.54) is 24.8 Å². The van der Waals surface area contributed by atoms with Gasteiger partial charge in [-0.2, -0.15) is 0 Å². The maximum Gasteiger partial charge on any atom is 0.339 e. The first-order chi connectivity index (χ1) is 16.5. The highest BCUT2D eigenvalue weighted by molar-refractivity contribution is 5.80. The predicted molar refractivity (Wildman–Crippen MR) is 134 cm³/mol. The number of ether oxygens (including phenoxy) is 1. The van der Waals surface area contributed by atoms with Crippen molar-refractivity contribution in [1.82, 2.24) is 19.8 Å². The Morgan fingerprint density at radius 1 is 1.12 bits per heavy atom. The molecule has 1 aliphatic heterocycles. The Bertz CT molecular complexity index is 999. The number of carbonyl (C=O) groups is 1. The van der Waals surface area contributed by atoms with Gasteiger partial charge in [-0.3, -0.25) is 10.3 Å². The van der Waals surface area contributed by atoms with Gasteiger partial charge in [-0.1, -0.05) is 36.8 Å². The summed E-state index contributed by atoms with van der Waals surface area (Å²) in [6.07, 6.45) is 9.53. The molecule has 2 aromatic rings. The highest BCUT2D eigenvalue weighted by Crippen LogP contribution is 2.49. The summed E-state index contributed by atoms with van der Waals surface area (Å²) >= 11 is 0. The van der Waals surface area contributed by atoms with Crippen LogP contribution in [-0.4, -0.2) is 65.7 Å². The molecule has 1 N–H and O–H groups in total. The molecule has 7 nitrogen and oxygen atoms in total. The number of hydrogen-bond acceptors (Lipinski definition) is 5. The summed E-state index contributed by atoms with van der Waals surface area (Å²) in [6, 6.07) is 14.7. The van der Waals surface area contributed by atoms with Crippen molar-refractivity contribution < 1.29 is 9.53 Å². The van der Waals surface area contributed by atoms with E-state index in [1.54, 1.807) is 13.3 Å². The molecule has 1 aromatic carbocycles. The molecule has 0 bridgehead atoms. The average molecular weight is 464 g/mol. The van der Waals surface area contributed by atoms with Crippen molar-refractivity contribution in [2.24, 2.45) is 5.92 Å². The van der Waals surface area contributed by atoms with Gasteiger partial charge in [0.2, 0.25) is 5.88 Å². The van der Waals surface area contributed by atoms with Gasteiger partial charge in [0.15, 0.2) is 0 Å². The van der Waals surface area contributed by atoms with Crippen LogP contribution in [0, 0.1) is 5.92 Å². The summed E-state index contributed by atoms with van der Waals surface area (Å²) in [5, 5.41) is 1.82. The number of nitrogens with one attached hydrogen (secondary N) is 1. The van der Waals surface area contributed by atoms with E-state index >= 15 is 0 Å². The van der Waals surface area contributed by atoms with Gasteiger partial charge >= 0.3 is 6.03 Å². The normalized spacial score (nSPS) is 27.4. The number of methoxy groups -OCH3 is 1. The van der Waals surface area contributed by atoms with Crippen molar-refractivity contribution in [2.45, 2.75) is 56.0 Å². The number of rotatable bonds is 7. The molecule has 7 heteroatoms. The van der Waals surface area contributed by atoms with Crippen LogP contribution in [0.5, 0.6) is 5.88 Å². The molecule has 182 valence electrons. The van der Waals surface area contributed by atoms with E-state index in [0.29, 0.717) is 18.3 Å². The number of hydrogen-bond donors (Lipinski definition) is 1. The van der Waals surface area contributed by atoms with Gasteiger partial charge in [-0.25, -0.2) is 14.8 Å². The van der Waals surface area contributed by atoms with Crippen molar-refractivity contribution in [3.63, 3.8) is 0 Å². The minimum Gasteiger partial charge on any atom is -0.481 e. The molecule has 1 aromatic heterocycles. The number of pyridine rings is 1. The zero-order chi connectivity index (χ0) is 23.8. The summed E-state index contributed by atoms with van der Waals surface area (Å²) in [6.45, 7) is 1.57. The fraction of sp³-hybridized carbons (Fsp3) is 0.556. The largest absolute Gasteiger partial charge is 0.481 e. The van der Waals surface area contributed by atoms with E-state index in [-0.39, 0.29) is 17.1 Å². The molecule has 1 spiro atoms. The van der Waals surface area contributed by atoms with E-state index in [2.05, 4.69) is 64.6 Å². The molecule has 0 radical (unpaired) electrons. The summed E-state index contributed by atoms with van der Waals surface area (Å²) in [4.78, 5) is 22.5. The van der Waals surface area contributed by atoms with Crippen LogP contribution in [0.3, 0.4) is 0 Å². The first kappa shape index (κ1) is 23.0. The molecule has 2 aliphatic carbocycles. The maximum absolute atomic E-state index is 13.7. The Balaban J connectivity index is 1.40. The molecule has 5 rings (SSSR count). The minimum atomic E-state index is -0.134. The lowest BCUT2D eigenvalue weighted by Gasteiger charge is -2.51. The quantitative estimate of drug-likeness (QED) is 0.644. The number of benzene rings is 1. The third-order valence-corrected chi connectivity index (χ3v) is 8.54. The van der Waals surface area contributed by atoms with E-state index in [4.69, 9.17) is 4.74 Å². The van der Waals surface area contributed by atoms with Crippen molar-refractivity contribution >= 4 is 11.7 Å². The van der Waals surface area contributed by atoms with Gasteiger partial charge in [-0.15, -0.1) is 0 Å².